The Morgan fingerprint density at radius 2 is 1.90 bits per heavy atom. The van der Waals surface area contributed by atoms with Crippen LogP contribution in [-0.4, -0.2) is 81.0 Å². The highest BCUT2D eigenvalue weighted by Gasteiger charge is 2.18. The number of likely N-dealkylation sites (N-methyl/N-ethyl adjacent to an activating group) is 1. The van der Waals surface area contributed by atoms with Crippen LogP contribution in [-0.2, 0) is 6.54 Å². The Morgan fingerprint density at radius 1 is 1.14 bits per heavy atom. The van der Waals surface area contributed by atoms with Crippen LogP contribution in [0.3, 0.4) is 0 Å². The second kappa shape index (κ2) is 11.7. The first-order valence-corrected chi connectivity index (χ1v) is 11.2. The number of benzene rings is 1. The van der Waals surface area contributed by atoms with Gasteiger partial charge in [-0.2, -0.15) is 0 Å². The van der Waals surface area contributed by atoms with Gasteiger partial charge >= 0.3 is 0 Å². The van der Waals surface area contributed by atoms with Crippen LogP contribution in [0.15, 0.2) is 18.2 Å². The number of nitrogens with zero attached hydrogens (tertiary/aromatic N) is 2. The number of piperazine rings is 1. The molecule has 1 heterocycles. The number of aliphatic hydroxyl groups excluding tert-OH is 1. The highest BCUT2D eigenvalue weighted by Crippen LogP contribution is 2.26. The van der Waals surface area contributed by atoms with E-state index in [9.17, 15) is 5.11 Å². The second-order valence-corrected chi connectivity index (χ2v) is 8.68. The van der Waals surface area contributed by atoms with Gasteiger partial charge in [0.25, 0.3) is 0 Å². The van der Waals surface area contributed by atoms with Gasteiger partial charge in [-0.15, -0.1) is 0 Å². The molecule has 29 heavy (non-hydrogen) atoms. The Bertz CT molecular complexity index is 599. The van der Waals surface area contributed by atoms with Gasteiger partial charge in [-0.25, -0.2) is 0 Å². The highest BCUT2D eigenvalue weighted by atomic mass is 16.5. The summed E-state index contributed by atoms with van der Waals surface area (Å²) in [4.78, 5) is 4.63. The molecule has 6 heteroatoms. The van der Waals surface area contributed by atoms with E-state index < -0.39 is 6.10 Å². The van der Waals surface area contributed by atoms with E-state index in [-0.39, 0.29) is 0 Å². The number of hydrogen-bond acceptors (Lipinski definition) is 6. The lowest BCUT2D eigenvalue weighted by molar-refractivity contribution is 0.0501. The molecule has 2 N–H and O–H groups in total. The molecule has 2 fully saturated rings. The van der Waals surface area contributed by atoms with E-state index >= 15 is 0 Å². The zero-order chi connectivity index (χ0) is 20.5. The molecule has 0 radical (unpaired) electrons. The number of methoxy groups -OCH3 is 1. The van der Waals surface area contributed by atoms with Gasteiger partial charge in [-0.05, 0) is 38.4 Å². The third-order valence-corrected chi connectivity index (χ3v) is 6.24. The van der Waals surface area contributed by atoms with Crippen LogP contribution in [0.25, 0.3) is 0 Å². The van der Waals surface area contributed by atoms with E-state index in [2.05, 4.69) is 28.2 Å². The molecule has 3 rings (SSSR count). The summed E-state index contributed by atoms with van der Waals surface area (Å²) in [5.41, 5.74) is 1.12. The van der Waals surface area contributed by atoms with Crippen molar-refractivity contribution in [3.8, 4) is 11.5 Å². The van der Waals surface area contributed by atoms with Crippen LogP contribution in [0.5, 0.6) is 11.5 Å². The van der Waals surface area contributed by atoms with E-state index in [1.54, 1.807) is 7.11 Å². The third-order valence-electron chi connectivity index (χ3n) is 6.24. The molecule has 0 amide bonds. The topological polar surface area (TPSA) is 57.2 Å². The summed E-state index contributed by atoms with van der Waals surface area (Å²) in [6.07, 6.45) is 6.33. The number of aliphatic hydroxyl groups is 1. The average Bonchev–Trinajstić information content (AvgIpc) is 2.75. The Labute approximate surface area is 176 Å². The number of hydrogen-bond donors (Lipinski definition) is 2. The monoisotopic (exact) mass is 405 g/mol. The quantitative estimate of drug-likeness (QED) is 0.623. The summed E-state index contributed by atoms with van der Waals surface area (Å²) >= 11 is 0. The lowest BCUT2D eigenvalue weighted by Crippen LogP contribution is -2.47. The molecule has 0 bridgehead atoms. The number of β-amino-alcohol motifs (C(OH)–C–C–N with tert-alkyl or cyclic N) is 1. The first-order valence-electron chi connectivity index (χ1n) is 11.2. The maximum absolute atomic E-state index is 10.5. The molecule has 0 spiro atoms. The van der Waals surface area contributed by atoms with Crippen LogP contribution < -0.4 is 14.8 Å². The summed E-state index contributed by atoms with van der Waals surface area (Å²) in [5, 5.41) is 14.1. The Morgan fingerprint density at radius 3 is 2.62 bits per heavy atom. The van der Waals surface area contributed by atoms with Crippen LogP contribution in [0, 0.1) is 5.92 Å². The van der Waals surface area contributed by atoms with Crippen LogP contribution in [0.2, 0.25) is 0 Å². The zero-order valence-corrected chi connectivity index (χ0v) is 18.2. The molecule has 1 aromatic carbocycles. The van der Waals surface area contributed by atoms with Gasteiger partial charge in [0.05, 0.1) is 7.11 Å². The first kappa shape index (κ1) is 22.3. The number of rotatable bonds is 10. The summed E-state index contributed by atoms with van der Waals surface area (Å²) in [6.45, 7) is 6.93. The van der Waals surface area contributed by atoms with E-state index in [1.807, 2.05) is 12.1 Å². The minimum atomic E-state index is -0.493. The molecular weight excluding hydrogens is 366 g/mol. The van der Waals surface area contributed by atoms with E-state index in [0.717, 1.165) is 62.2 Å². The van der Waals surface area contributed by atoms with Crippen molar-refractivity contribution in [3.05, 3.63) is 23.8 Å². The van der Waals surface area contributed by atoms with Gasteiger partial charge in [-0.1, -0.05) is 25.3 Å². The van der Waals surface area contributed by atoms with Crippen molar-refractivity contribution in [1.29, 1.82) is 0 Å². The molecule has 1 saturated heterocycles. The van der Waals surface area contributed by atoms with Crippen molar-refractivity contribution < 1.29 is 14.6 Å². The molecule has 1 aliphatic heterocycles. The normalized spacial score (nSPS) is 20.5. The van der Waals surface area contributed by atoms with Gasteiger partial charge in [0.1, 0.15) is 24.2 Å². The summed E-state index contributed by atoms with van der Waals surface area (Å²) in [6, 6.07) is 5.97. The lowest BCUT2D eigenvalue weighted by Gasteiger charge is -2.33. The summed E-state index contributed by atoms with van der Waals surface area (Å²) in [5.74, 6) is 2.39. The smallest absolute Gasteiger partial charge is 0.127 e. The molecular formula is C23H39N3O3. The minimum Gasteiger partial charge on any atom is -0.497 e. The van der Waals surface area contributed by atoms with E-state index in [1.165, 1.54) is 32.1 Å². The molecule has 0 aromatic heterocycles. The molecule has 6 nitrogen and oxygen atoms in total. The van der Waals surface area contributed by atoms with Gasteiger partial charge in [0.15, 0.2) is 0 Å². The number of nitrogens with one attached hydrogen (secondary N) is 1. The fraction of sp³-hybridized carbons (Fsp3) is 0.739. The summed E-state index contributed by atoms with van der Waals surface area (Å²) < 4.78 is 11.4. The maximum atomic E-state index is 10.5. The lowest BCUT2D eigenvalue weighted by atomic mass is 9.89. The molecule has 0 unspecified atom stereocenters. The maximum Gasteiger partial charge on any atom is 0.127 e. The largest absolute Gasteiger partial charge is 0.497 e. The van der Waals surface area contributed by atoms with Crippen LogP contribution in [0.4, 0.5) is 0 Å². The fourth-order valence-corrected chi connectivity index (χ4v) is 4.31. The first-order chi connectivity index (χ1) is 14.1. The third kappa shape index (κ3) is 7.45. The van der Waals surface area contributed by atoms with Crippen molar-refractivity contribution in [1.82, 2.24) is 15.1 Å². The molecule has 1 aromatic rings. The standard InChI is InChI=1S/C23H39N3O3/c1-25-10-12-26(13-11-25)17-21(27)18-29-23-14-22(28-2)9-8-20(23)16-24-15-19-6-4-3-5-7-19/h8-9,14,19,21,24,27H,3-7,10-13,15-18H2,1-2H3/t21-/m1/s1. The molecule has 1 saturated carbocycles. The van der Waals surface area contributed by atoms with Crippen molar-refractivity contribution in [2.75, 3.05) is 60.0 Å². The van der Waals surface area contributed by atoms with Crippen molar-refractivity contribution in [2.24, 2.45) is 5.92 Å². The van der Waals surface area contributed by atoms with E-state index in [4.69, 9.17) is 9.47 Å². The molecule has 164 valence electrons. The van der Waals surface area contributed by atoms with Crippen molar-refractivity contribution >= 4 is 0 Å². The van der Waals surface area contributed by atoms with Crippen LogP contribution >= 0.6 is 0 Å². The van der Waals surface area contributed by atoms with Gasteiger partial charge in [-0.3, -0.25) is 4.90 Å². The number of ether oxygens (including phenoxy) is 2. The average molecular weight is 406 g/mol. The Kier molecular flexibility index (Phi) is 9.05. The van der Waals surface area contributed by atoms with Crippen molar-refractivity contribution in [2.45, 2.75) is 44.8 Å². The van der Waals surface area contributed by atoms with Crippen LogP contribution in [0.1, 0.15) is 37.7 Å². The Hall–Kier alpha value is -1.34. The van der Waals surface area contributed by atoms with E-state index in [0.29, 0.717) is 13.2 Å². The predicted molar refractivity (Wildman–Crippen MR) is 117 cm³/mol. The van der Waals surface area contributed by atoms with Gasteiger partial charge in [0, 0.05) is 50.9 Å². The summed E-state index contributed by atoms with van der Waals surface area (Å²) in [7, 11) is 3.81. The molecule has 1 atom stereocenters. The second-order valence-electron chi connectivity index (χ2n) is 8.68. The molecule has 2 aliphatic rings. The Balaban J connectivity index is 1.48. The molecule has 1 aliphatic carbocycles. The fourth-order valence-electron chi connectivity index (χ4n) is 4.31. The SMILES string of the molecule is COc1ccc(CNCC2CCCCC2)c(OC[C@H](O)CN2CCN(C)CC2)c1. The van der Waals surface area contributed by atoms with Crippen molar-refractivity contribution in [3.63, 3.8) is 0 Å². The zero-order valence-electron chi connectivity index (χ0n) is 18.2. The predicted octanol–water partition coefficient (Wildman–Crippen LogP) is 2.35. The van der Waals surface area contributed by atoms with Gasteiger partial charge < -0.3 is 24.8 Å². The highest BCUT2D eigenvalue weighted by molar-refractivity contribution is 5.40. The minimum absolute atomic E-state index is 0.301. The van der Waals surface area contributed by atoms with Gasteiger partial charge in [0.2, 0.25) is 0 Å².